The number of nitrogens with two attached hydrogens (primary N) is 1. The molecule has 25 heavy (non-hydrogen) atoms. The molecule has 0 aliphatic heterocycles. The summed E-state index contributed by atoms with van der Waals surface area (Å²) >= 11 is 0. The van der Waals surface area contributed by atoms with Gasteiger partial charge in [0.25, 0.3) is 0 Å². The zero-order valence-corrected chi connectivity index (χ0v) is 16.2. The van der Waals surface area contributed by atoms with E-state index in [9.17, 15) is 4.79 Å². The number of amides is 1. The van der Waals surface area contributed by atoms with Crippen LogP contribution in [0.15, 0.2) is 0 Å². The second kappa shape index (κ2) is 21.4. The van der Waals surface area contributed by atoms with Gasteiger partial charge in [-0.2, -0.15) is 0 Å². The third-order valence-electron chi connectivity index (χ3n) is 3.78. The highest BCUT2D eigenvalue weighted by atomic mass is 16.5. The van der Waals surface area contributed by atoms with E-state index in [1.54, 1.807) is 0 Å². The molecule has 0 atom stereocenters. The summed E-state index contributed by atoms with van der Waals surface area (Å²) in [5.41, 5.74) is 5.37. The Bertz CT molecular complexity index is 278. The molecular formula is C19H40N2O4. The molecule has 0 aromatic rings. The molecule has 0 unspecified atom stereocenters. The Hall–Kier alpha value is -0.690. The maximum Gasteiger partial charge on any atom is 0.219 e. The van der Waals surface area contributed by atoms with Crippen LogP contribution in [0.25, 0.3) is 0 Å². The minimum Gasteiger partial charge on any atom is -0.379 e. The lowest BCUT2D eigenvalue weighted by atomic mass is 10.1. The maximum absolute atomic E-state index is 11.6. The predicted molar refractivity (Wildman–Crippen MR) is 102 cm³/mol. The van der Waals surface area contributed by atoms with Crippen LogP contribution in [0.4, 0.5) is 0 Å². The molecule has 0 aliphatic carbocycles. The molecule has 0 saturated carbocycles. The van der Waals surface area contributed by atoms with Crippen molar-refractivity contribution < 1.29 is 19.0 Å². The molecule has 150 valence electrons. The van der Waals surface area contributed by atoms with Crippen LogP contribution < -0.4 is 11.1 Å². The van der Waals surface area contributed by atoms with Gasteiger partial charge in [-0.1, -0.05) is 39.0 Å². The second-order valence-electron chi connectivity index (χ2n) is 6.20. The molecule has 6 heteroatoms. The fourth-order valence-corrected chi connectivity index (χ4v) is 2.28. The molecule has 6 nitrogen and oxygen atoms in total. The van der Waals surface area contributed by atoms with Gasteiger partial charge in [0.1, 0.15) is 0 Å². The number of unbranched alkanes of at least 4 members (excludes halogenated alkanes) is 5. The van der Waals surface area contributed by atoms with Crippen LogP contribution in [-0.2, 0) is 19.0 Å². The van der Waals surface area contributed by atoms with Gasteiger partial charge in [0.2, 0.25) is 5.91 Å². The van der Waals surface area contributed by atoms with Crippen LogP contribution in [0, 0.1) is 0 Å². The number of hydrogen-bond acceptors (Lipinski definition) is 5. The third kappa shape index (κ3) is 21.3. The highest BCUT2D eigenvalue weighted by Crippen LogP contribution is 2.06. The predicted octanol–water partition coefficient (Wildman–Crippen LogP) is 2.64. The van der Waals surface area contributed by atoms with Crippen LogP contribution >= 0.6 is 0 Å². The molecule has 0 saturated heterocycles. The average molecular weight is 361 g/mol. The van der Waals surface area contributed by atoms with Crippen molar-refractivity contribution in [1.82, 2.24) is 5.32 Å². The largest absolute Gasteiger partial charge is 0.379 e. The van der Waals surface area contributed by atoms with Crippen molar-refractivity contribution >= 4 is 5.91 Å². The number of hydrogen-bond donors (Lipinski definition) is 2. The van der Waals surface area contributed by atoms with Crippen LogP contribution in [0.2, 0.25) is 0 Å². The van der Waals surface area contributed by atoms with Crippen molar-refractivity contribution in [3.63, 3.8) is 0 Å². The molecule has 0 bridgehead atoms. The second-order valence-corrected chi connectivity index (χ2v) is 6.20. The summed E-state index contributed by atoms with van der Waals surface area (Å²) in [5.74, 6) is 0.161. The number of rotatable bonds is 20. The molecule has 0 radical (unpaired) electrons. The standard InChI is InChI=1S/C19H40N2O4/c1-2-3-4-5-6-7-10-19(22)21-12-9-14-24-16-18-25-17-15-23-13-8-11-20/h2-18,20H2,1H3,(H,21,22). The Labute approximate surface area is 154 Å². The fourth-order valence-electron chi connectivity index (χ4n) is 2.28. The van der Waals surface area contributed by atoms with E-state index in [4.69, 9.17) is 19.9 Å². The molecule has 0 aliphatic rings. The minimum absolute atomic E-state index is 0.161. The average Bonchev–Trinajstić information content (AvgIpc) is 2.62. The normalized spacial score (nSPS) is 11.0. The van der Waals surface area contributed by atoms with Gasteiger partial charge in [-0.3, -0.25) is 4.79 Å². The monoisotopic (exact) mass is 360 g/mol. The van der Waals surface area contributed by atoms with Crippen molar-refractivity contribution in [2.75, 3.05) is 52.7 Å². The van der Waals surface area contributed by atoms with Gasteiger partial charge in [0.15, 0.2) is 0 Å². The topological polar surface area (TPSA) is 82.8 Å². The van der Waals surface area contributed by atoms with Gasteiger partial charge >= 0.3 is 0 Å². The third-order valence-corrected chi connectivity index (χ3v) is 3.78. The van der Waals surface area contributed by atoms with Gasteiger partial charge in [0.05, 0.1) is 26.4 Å². The summed E-state index contributed by atoms with van der Waals surface area (Å²) in [6, 6.07) is 0. The van der Waals surface area contributed by atoms with Crippen LogP contribution in [-0.4, -0.2) is 58.6 Å². The van der Waals surface area contributed by atoms with E-state index in [0.29, 0.717) is 59.2 Å². The molecule has 0 fully saturated rings. The molecule has 0 rings (SSSR count). The van der Waals surface area contributed by atoms with Crippen LogP contribution in [0.5, 0.6) is 0 Å². The molecule has 3 N–H and O–H groups in total. The lowest BCUT2D eigenvalue weighted by Gasteiger charge is -2.07. The van der Waals surface area contributed by atoms with E-state index in [1.165, 1.54) is 25.7 Å². The van der Waals surface area contributed by atoms with Crippen molar-refractivity contribution in [2.24, 2.45) is 5.73 Å². The van der Waals surface area contributed by atoms with Crippen molar-refractivity contribution in [2.45, 2.75) is 64.7 Å². The molecule has 0 aromatic heterocycles. The number of carbonyl (C=O) groups is 1. The quantitative estimate of drug-likeness (QED) is 0.326. The Kier molecular flexibility index (Phi) is 20.8. The van der Waals surface area contributed by atoms with E-state index in [0.717, 1.165) is 25.7 Å². The molecule has 0 heterocycles. The van der Waals surface area contributed by atoms with Gasteiger partial charge in [-0.25, -0.2) is 0 Å². The Balaban J connectivity index is 3.11. The SMILES string of the molecule is CCCCCCCCC(=O)NCCCOCCOCCOCCCN. The Morgan fingerprint density at radius 1 is 0.760 bits per heavy atom. The van der Waals surface area contributed by atoms with Gasteiger partial charge in [-0.15, -0.1) is 0 Å². The van der Waals surface area contributed by atoms with Crippen molar-refractivity contribution in [3.05, 3.63) is 0 Å². The number of nitrogens with one attached hydrogen (secondary N) is 1. The molecule has 1 amide bonds. The summed E-state index contributed by atoms with van der Waals surface area (Å²) in [6.07, 6.45) is 9.64. The first-order valence-electron chi connectivity index (χ1n) is 10.0. The molecule has 0 aromatic carbocycles. The van der Waals surface area contributed by atoms with E-state index in [1.807, 2.05) is 0 Å². The summed E-state index contributed by atoms with van der Waals surface area (Å²) in [7, 11) is 0. The highest BCUT2D eigenvalue weighted by molar-refractivity contribution is 5.75. The molecular weight excluding hydrogens is 320 g/mol. The zero-order valence-electron chi connectivity index (χ0n) is 16.2. The van der Waals surface area contributed by atoms with E-state index in [2.05, 4.69) is 12.2 Å². The van der Waals surface area contributed by atoms with Crippen LogP contribution in [0.1, 0.15) is 64.7 Å². The van der Waals surface area contributed by atoms with Gasteiger partial charge < -0.3 is 25.3 Å². The maximum atomic E-state index is 11.6. The Morgan fingerprint density at radius 3 is 1.96 bits per heavy atom. The smallest absolute Gasteiger partial charge is 0.219 e. The minimum atomic E-state index is 0.161. The first-order chi connectivity index (χ1) is 12.3. The first kappa shape index (κ1) is 24.3. The fraction of sp³-hybridized carbons (Fsp3) is 0.947. The van der Waals surface area contributed by atoms with E-state index in [-0.39, 0.29) is 5.91 Å². The van der Waals surface area contributed by atoms with Crippen LogP contribution in [0.3, 0.4) is 0 Å². The number of carbonyl (C=O) groups excluding carboxylic acids is 1. The summed E-state index contributed by atoms with van der Waals surface area (Å²) in [5, 5.41) is 2.94. The Morgan fingerprint density at radius 2 is 1.32 bits per heavy atom. The van der Waals surface area contributed by atoms with E-state index >= 15 is 0 Å². The lowest BCUT2D eigenvalue weighted by molar-refractivity contribution is -0.121. The van der Waals surface area contributed by atoms with Crippen molar-refractivity contribution in [3.8, 4) is 0 Å². The van der Waals surface area contributed by atoms with E-state index < -0.39 is 0 Å². The summed E-state index contributed by atoms with van der Waals surface area (Å²) < 4.78 is 16.2. The van der Waals surface area contributed by atoms with Gasteiger partial charge in [0, 0.05) is 26.2 Å². The van der Waals surface area contributed by atoms with Crippen molar-refractivity contribution in [1.29, 1.82) is 0 Å². The zero-order chi connectivity index (χ0) is 18.4. The highest BCUT2D eigenvalue weighted by Gasteiger charge is 2.00. The lowest BCUT2D eigenvalue weighted by Crippen LogP contribution is -2.25. The van der Waals surface area contributed by atoms with Gasteiger partial charge in [-0.05, 0) is 25.8 Å². The summed E-state index contributed by atoms with van der Waals surface area (Å²) in [4.78, 5) is 11.6. The number of ether oxygens (including phenoxy) is 3. The summed E-state index contributed by atoms with van der Waals surface area (Å²) in [6.45, 7) is 7.24. The molecule has 0 spiro atoms. The first-order valence-corrected chi connectivity index (χ1v) is 10.0.